The predicted octanol–water partition coefficient (Wildman–Crippen LogP) is 3.78. The van der Waals surface area contributed by atoms with Gasteiger partial charge in [-0.15, -0.1) is 0 Å². The third-order valence-electron chi connectivity index (χ3n) is 3.69. The Kier molecular flexibility index (Phi) is 4.28. The van der Waals surface area contributed by atoms with Crippen LogP contribution in [-0.4, -0.2) is 30.7 Å². The molecule has 23 heavy (non-hydrogen) atoms. The molecule has 0 atom stereocenters. The number of methoxy groups -OCH3 is 1. The van der Waals surface area contributed by atoms with Crippen molar-refractivity contribution in [2.75, 3.05) is 31.3 Å². The number of ether oxygens (including phenoxy) is 1. The molecule has 2 aromatic carbocycles. The van der Waals surface area contributed by atoms with E-state index in [0.29, 0.717) is 5.95 Å². The first kappa shape index (κ1) is 15.1. The second kappa shape index (κ2) is 6.52. The minimum Gasteiger partial charge on any atom is -0.497 e. The van der Waals surface area contributed by atoms with Crippen molar-refractivity contribution in [3.8, 4) is 17.0 Å². The highest BCUT2D eigenvalue weighted by Gasteiger charge is 2.13. The van der Waals surface area contributed by atoms with Gasteiger partial charge in [0.05, 0.1) is 18.3 Å². The zero-order chi connectivity index (χ0) is 16.2. The summed E-state index contributed by atoms with van der Waals surface area (Å²) >= 11 is 0. The topological polar surface area (TPSA) is 59.1 Å². The molecule has 0 fully saturated rings. The molecule has 0 aliphatic rings. The third-order valence-corrected chi connectivity index (χ3v) is 3.69. The molecule has 0 aliphatic carbocycles. The van der Waals surface area contributed by atoms with E-state index in [4.69, 9.17) is 9.72 Å². The van der Waals surface area contributed by atoms with Crippen molar-refractivity contribution in [3.05, 3.63) is 42.5 Å². The zero-order valence-electron chi connectivity index (χ0n) is 13.6. The largest absolute Gasteiger partial charge is 0.497 e. The Balaban J connectivity index is 2.30. The second-order valence-corrected chi connectivity index (χ2v) is 5.10. The monoisotopic (exact) mass is 308 g/mol. The average molecular weight is 308 g/mol. The minimum atomic E-state index is 0.631. The summed E-state index contributed by atoms with van der Waals surface area (Å²) in [6, 6.07) is 14.0. The smallest absolute Gasteiger partial charge is 0.223 e. The van der Waals surface area contributed by atoms with E-state index in [1.165, 1.54) is 0 Å². The van der Waals surface area contributed by atoms with Crippen LogP contribution >= 0.6 is 0 Å². The van der Waals surface area contributed by atoms with Gasteiger partial charge in [-0.05, 0) is 31.2 Å². The number of benzene rings is 2. The second-order valence-electron chi connectivity index (χ2n) is 5.10. The molecule has 0 unspecified atom stereocenters. The van der Waals surface area contributed by atoms with Crippen molar-refractivity contribution in [2.24, 2.45) is 0 Å². The summed E-state index contributed by atoms with van der Waals surface area (Å²) in [5.74, 6) is 1.43. The summed E-state index contributed by atoms with van der Waals surface area (Å²) in [6.07, 6.45) is 0. The van der Waals surface area contributed by atoms with Crippen molar-refractivity contribution < 1.29 is 4.74 Å². The van der Waals surface area contributed by atoms with Crippen LogP contribution in [0, 0.1) is 0 Å². The molecule has 1 heterocycles. The highest BCUT2D eigenvalue weighted by molar-refractivity contribution is 5.96. The fraction of sp³-hybridized carbons (Fsp3) is 0.222. The Hall–Kier alpha value is -2.82. The Morgan fingerprint density at radius 2 is 1.91 bits per heavy atom. The third kappa shape index (κ3) is 2.90. The highest BCUT2D eigenvalue weighted by Crippen LogP contribution is 2.35. The Labute approximate surface area is 135 Å². The summed E-state index contributed by atoms with van der Waals surface area (Å²) in [6.45, 7) is 2.80. The van der Waals surface area contributed by atoms with E-state index in [1.54, 1.807) is 7.11 Å². The van der Waals surface area contributed by atoms with E-state index >= 15 is 0 Å². The van der Waals surface area contributed by atoms with Gasteiger partial charge in [-0.1, -0.05) is 18.2 Å². The van der Waals surface area contributed by atoms with Gasteiger partial charge in [0.1, 0.15) is 5.75 Å². The van der Waals surface area contributed by atoms with Gasteiger partial charge < -0.3 is 15.4 Å². The van der Waals surface area contributed by atoms with Crippen molar-refractivity contribution in [1.29, 1.82) is 0 Å². The Morgan fingerprint density at radius 1 is 1.09 bits per heavy atom. The van der Waals surface area contributed by atoms with Crippen LogP contribution in [0.1, 0.15) is 6.92 Å². The first-order chi connectivity index (χ1) is 11.3. The number of nitrogens with one attached hydrogen (secondary N) is 2. The number of hydrogen-bond donors (Lipinski definition) is 2. The molecule has 0 amide bonds. The number of fused-ring (bicyclic) bond motifs is 1. The molecular formula is C18H20N4O. The summed E-state index contributed by atoms with van der Waals surface area (Å²) < 4.78 is 5.38. The van der Waals surface area contributed by atoms with Gasteiger partial charge in [-0.3, -0.25) is 0 Å². The Morgan fingerprint density at radius 3 is 2.65 bits per heavy atom. The molecule has 5 nitrogen and oxygen atoms in total. The van der Waals surface area contributed by atoms with Crippen LogP contribution < -0.4 is 15.4 Å². The van der Waals surface area contributed by atoms with E-state index in [1.807, 2.05) is 56.4 Å². The molecule has 0 saturated heterocycles. The number of para-hydroxylation sites is 1. The van der Waals surface area contributed by atoms with Crippen LogP contribution in [0.5, 0.6) is 5.75 Å². The first-order valence-electron chi connectivity index (χ1n) is 7.63. The maximum atomic E-state index is 5.38. The molecule has 118 valence electrons. The van der Waals surface area contributed by atoms with Crippen LogP contribution in [0.4, 0.5) is 11.6 Å². The fourth-order valence-corrected chi connectivity index (χ4v) is 2.58. The lowest BCUT2D eigenvalue weighted by molar-refractivity contribution is 0.415. The van der Waals surface area contributed by atoms with E-state index in [2.05, 4.69) is 15.6 Å². The molecule has 0 bridgehead atoms. The summed E-state index contributed by atoms with van der Waals surface area (Å²) in [4.78, 5) is 9.30. The molecular weight excluding hydrogens is 288 g/mol. The number of rotatable bonds is 5. The lowest BCUT2D eigenvalue weighted by atomic mass is 10.0. The van der Waals surface area contributed by atoms with Crippen LogP contribution in [-0.2, 0) is 0 Å². The quantitative estimate of drug-likeness (QED) is 0.751. The highest BCUT2D eigenvalue weighted by atomic mass is 16.5. The van der Waals surface area contributed by atoms with Crippen molar-refractivity contribution >= 4 is 22.5 Å². The van der Waals surface area contributed by atoms with Gasteiger partial charge in [-0.2, -0.15) is 0 Å². The lowest BCUT2D eigenvalue weighted by Crippen LogP contribution is -2.04. The van der Waals surface area contributed by atoms with E-state index in [9.17, 15) is 0 Å². The summed E-state index contributed by atoms with van der Waals surface area (Å²) in [5, 5.41) is 7.44. The van der Waals surface area contributed by atoms with Crippen LogP contribution in [0.2, 0.25) is 0 Å². The van der Waals surface area contributed by atoms with Crippen LogP contribution in [0.15, 0.2) is 42.5 Å². The maximum Gasteiger partial charge on any atom is 0.223 e. The SMILES string of the molecule is CCNc1nc(-c2cc(OC)ccc2NC)c2ccccc2n1. The number of anilines is 2. The van der Waals surface area contributed by atoms with Crippen molar-refractivity contribution in [3.63, 3.8) is 0 Å². The Bertz CT molecular complexity index is 832. The molecule has 2 N–H and O–H groups in total. The van der Waals surface area contributed by atoms with Crippen LogP contribution in [0.3, 0.4) is 0 Å². The summed E-state index contributed by atoms with van der Waals surface area (Å²) in [7, 11) is 3.57. The average Bonchev–Trinajstić information content (AvgIpc) is 2.60. The van der Waals surface area contributed by atoms with Gasteiger partial charge >= 0.3 is 0 Å². The van der Waals surface area contributed by atoms with E-state index < -0.39 is 0 Å². The normalized spacial score (nSPS) is 10.6. The van der Waals surface area contributed by atoms with Gasteiger partial charge in [0, 0.05) is 30.2 Å². The minimum absolute atomic E-state index is 0.631. The fourth-order valence-electron chi connectivity index (χ4n) is 2.58. The summed E-state index contributed by atoms with van der Waals surface area (Å²) in [5.41, 5.74) is 3.79. The van der Waals surface area contributed by atoms with E-state index in [0.717, 1.165) is 40.1 Å². The zero-order valence-corrected chi connectivity index (χ0v) is 13.6. The number of aromatic nitrogens is 2. The molecule has 5 heteroatoms. The maximum absolute atomic E-state index is 5.38. The number of nitrogens with zero attached hydrogens (tertiary/aromatic N) is 2. The van der Waals surface area contributed by atoms with Gasteiger partial charge in [-0.25, -0.2) is 9.97 Å². The first-order valence-corrected chi connectivity index (χ1v) is 7.63. The standard InChI is InChI=1S/C18H20N4O/c1-4-20-18-21-16-8-6-5-7-13(16)17(22-18)14-11-12(23-3)9-10-15(14)19-2/h5-11,19H,4H2,1-3H3,(H,20,21,22). The van der Waals surface area contributed by atoms with Gasteiger partial charge in [0.2, 0.25) is 5.95 Å². The van der Waals surface area contributed by atoms with Gasteiger partial charge in [0.25, 0.3) is 0 Å². The molecule has 3 aromatic rings. The van der Waals surface area contributed by atoms with Crippen molar-refractivity contribution in [2.45, 2.75) is 6.92 Å². The molecule has 3 rings (SSSR count). The van der Waals surface area contributed by atoms with Crippen molar-refractivity contribution in [1.82, 2.24) is 9.97 Å². The van der Waals surface area contributed by atoms with E-state index in [-0.39, 0.29) is 0 Å². The molecule has 1 aromatic heterocycles. The molecule has 0 saturated carbocycles. The van der Waals surface area contributed by atoms with Crippen LogP contribution in [0.25, 0.3) is 22.2 Å². The van der Waals surface area contributed by atoms with Gasteiger partial charge in [0.15, 0.2) is 0 Å². The number of hydrogen-bond acceptors (Lipinski definition) is 5. The predicted molar refractivity (Wildman–Crippen MR) is 95.2 cm³/mol. The molecule has 0 aliphatic heterocycles. The lowest BCUT2D eigenvalue weighted by Gasteiger charge is -2.14. The molecule has 0 spiro atoms. The molecule has 0 radical (unpaired) electrons.